The van der Waals surface area contributed by atoms with E-state index in [1.165, 1.54) is 32.1 Å². The van der Waals surface area contributed by atoms with Gasteiger partial charge in [-0.15, -0.1) is 0 Å². The number of allylic oxidation sites excluding steroid dienone is 1. The van der Waals surface area contributed by atoms with Gasteiger partial charge in [0.2, 0.25) is 5.91 Å². The van der Waals surface area contributed by atoms with Crippen LogP contribution in [0.4, 0.5) is 0 Å². The molecule has 1 aromatic heterocycles. The lowest BCUT2D eigenvalue weighted by Gasteiger charge is -2.40. The summed E-state index contributed by atoms with van der Waals surface area (Å²) in [5.41, 5.74) is 3.76. The van der Waals surface area contributed by atoms with Gasteiger partial charge in [-0.2, -0.15) is 0 Å². The van der Waals surface area contributed by atoms with Gasteiger partial charge in [0.1, 0.15) is 11.3 Å². The molecule has 2 fully saturated rings. The van der Waals surface area contributed by atoms with E-state index >= 15 is 0 Å². The van der Waals surface area contributed by atoms with Crippen LogP contribution in [0.15, 0.2) is 28.9 Å². The van der Waals surface area contributed by atoms with Gasteiger partial charge in [0.25, 0.3) is 0 Å². The number of hydrogen-bond acceptors (Lipinski definition) is 4. The summed E-state index contributed by atoms with van der Waals surface area (Å²) in [5, 5.41) is 1.06. The number of piperazine rings is 1. The van der Waals surface area contributed by atoms with Gasteiger partial charge in [0, 0.05) is 55.3 Å². The molecule has 1 saturated heterocycles. The van der Waals surface area contributed by atoms with Crippen molar-refractivity contribution in [2.75, 3.05) is 33.3 Å². The quantitative estimate of drug-likeness (QED) is 0.707. The summed E-state index contributed by atoms with van der Waals surface area (Å²) in [7, 11) is 1.65. The molecule has 1 aliphatic carbocycles. The zero-order valence-electron chi connectivity index (χ0n) is 17.9. The van der Waals surface area contributed by atoms with Gasteiger partial charge < -0.3 is 14.1 Å². The first-order chi connectivity index (χ1) is 14.1. The minimum Gasteiger partial charge on any atom is -0.496 e. The lowest BCUT2D eigenvalue weighted by atomic mass is 9.94. The second-order valence-corrected chi connectivity index (χ2v) is 8.45. The molecule has 29 heavy (non-hydrogen) atoms. The van der Waals surface area contributed by atoms with Gasteiger partial charge in [-0.25, -0.2) is 0 Å². The molecule has 5 heteroatoms. The van der Waals surface area contributed by atoms with Gasteiger partial charge in [0.15, 0.2) is 0 Å². The van der Waals surface area contributed by atoms with E-state index in [4.69, 9.17) is 9.15 Å². The fourth-order valence-electron chi connectivity index (χ4n) is 4.77. The molecule has 0 bridgehead atoms. The average molecular weight is 397 g/mol. The van der Waals surface area contributed by atoms with Crippen LogP contribution in [0.2, 0.25) is 0 Å². The van der Waals surface area contributed by atoms with Crippen molar-refractivity contribution < 1.29 is 13.9 Å². The standard InChI is InChI=1S/C24H32N2O3/c1-17(20-14-21-18(2)16-29-23(21)15-22(20)28-3)13-24(27)26-11-9-25(10-12-26)19-7-5-4-6-8-19/h13-16,19H,4-12H2,1-3H3/b17-13+. The summed E-state index contributed by atoms with van der Waals surface area (Å²) in [5.74, 6) is 0.826. The molecule has 2 aliphatic rings. The maximum Gasteiger partial charge on any atom is 0.246 e. The molecule has 0 N–H and O–H groups in total. The number of aryl methyl sites for hydroxylation is 1. The Morgan fingerprint density at radius 3 is 2.55 bits per heavy atom. The molecular formula is C24H32N2O3. The molecule has 4 rings (SSSR count). The second kappa shape index (κ2) is 8.62. The van der Waals surface area contributed by atoms with E-state index in [0.717, 1.165) is 65.6 Å². The predicted octanol–water partition coefficient (Wildman–Crippen LogP) is 4.63. The number of hydrogen-bond donors (Lipinski definition) is 0. The Hall–Kier alpha value is -2.27. The monoisotopic (exact) mass is 396 g/mol. The minimum atomic E-state index is 0.0943. The van der Waals surface area contributed by atoms with Crippen molar-refractivity contribution in [3.8, 4) is 5.75 Å². The number of benzene rings is 1. The number of rotatable bonds is 4. The van der Waals surface area contributed by atoms with E-state index in [1.54, 1.807) is 19.4 Å². The van der Waals surface area contributed by atoms with Crippen LogP contribution in [-0.4, -0.2) is 55.0 Å². The van der Waals surface area contributed by atoms with Crippen molar-refractivity contribution in [1.82, 2.24) is 9.80 Å². The van der Waals surface area contributed by atoms with Crippen molar-refractivity contribution >= 4 is 22.4 Å². The highest BCUT2D eigenvalue weighted by molar-refractivity contribution is 5.97. The largest absolute Gasteiger partial charge is 0.496 e. The van der Waals surface area contributed by atoms with Gasteiger partial charge in [-0.3, -0.25) is 9.69 Å². The first-order valence-electron chi connectivity index (χ1n) is 10.8. The van der Waals surface area contributed by atoms with Crippen LogP contribution in [-0.2, 0) is 4.79 Å². The van der Waals surface area contributed by atoms with E-state index in [0.29, 0.717) is 0 Å². The molecule has 0 unspecified atom stereocenters. The molecule has 1 aromatic carbocycles. The molecule has 156 valence electrons. The fourth-order valence-corrected chi connectivity index (χ4v) is 4.77. The lowest BCUT2D eigenvalue weighted by Crippen LogP contribution is -2.52. The SMILES string of the molecule is COc1cc2occ(C)c2cc1/C(C)=C/C(=O)N1CCN(C2CCCCC2)CC1. The fraction of sp³-hybridized carbons (Fsp3) is 0.542. The van der Waals surface area contributed by atoms with Gasteiger partial charge in [-0.1, -0.05) is 19.3 Å². The number of nitrogens with zero attached hydrogens (tertiary/aromatic N) is 2. The molecule has 1 amide bonds. The molecule has 2 aromatic rings. The van der Waals surface area contributed by atoms with Crippen LogP contribution in [0, 0.1) is 6.92 Å². The molecule has 0 radical (unpaired) electrons. The van der Waals surface area contributed by atoms with Gasteiger partial charge >= 0.3 is 0 Å². The molecule has 2 heterocycles. The molecule has 1 saturated carbocycles. The normalized spacial score (nSPS) is 19.7. The Bertz CT molecular complexity index is 900. The van der Waals surface area contributed by atoms with Crippen LogP contribution < -0.4 is 4.74 Å². The highest BCUT2D eigenvalue weighted by Crippen LogP contribution is 2.33. The first-order valence-corrected chi connectivity index (χ1v) is 10.8. The molecule has 5 nitrogen and oxygen atoms in total. The maximum absolute atomic E-state index is 12.9. The maximum atomic E-state index is 12.9. The minimum absolute atomic E-state index is 0.0943. The van der Waals surface area contributed by atoms with E-state index in [2.05, 4.69) is 11.0 Å². The van der Waals surface area contributed by atoms with Crippen molar-refractivity contribution in [2.24, 2.45) is 0 Å². The van der Waals surface area contributed by atoms with Crippen LogP contribution in [0.1, 0.15) is 50.2 Å². The topological polar surface area (TPSA) is 45.9 Å². The zero-order chi connectivity index (χ0) is 20.4. The molecular weight excluding hydrogens is 364 g/mol. The Balaban J connectivity index is 1.46. The van der Waals surface area contributed by atoms with Crippen molar-refractivity contribution in [3.05, 3.63) is 35.6 Å². The Morgan fingerprint density at radius 2 is 1.86 bits per heavy atom. The Kier molecular flexibility index (Phi) is 5.95. The Morgan fingerprint density at radius 1 is 1.14 bits per heavy atom. The molecule has 0 atom stereocenters. The number of carbonyl (C=O) groups excluding carboxylic acids is 1. The third-order valence-corrected chi connectivity index (χ3v) is 6.57. The van der Waals surface area contributed by atoms with Crippen molar-refractivity contribution in [1.29, 1.82) is 0 Å². The molecule has 1 aliphatic heterocycles. The summed E-state index contributed by atoms with van der Waals surface area (Å²) in [6.45, 7) is 7.62. The third kappa shape index (κ3) is 4.20. The summed E-state index contributed by atoms with van der Waals surface area (Å²) < 4.78 is 11.1. The molecule has 0 spiro atoms. The summed E-state index contributed by atoms with van der Waals surface area (Å²) in [4.78, 5) is 17.5. The number of carbonyl (C=O) groups is 1. The van der Waals surface area contributed by atoms with Crippen molar-refractivity contribution in [2.45, 2.75) is 52.0 Å². The van der Waals surface area contributed by atoms with Crippen molar-refractivity contribution in [3.63, 3.8) is 0 Å². The number of furan rings is 1. The average Bonchev–Trinajstić information content (AvgIpc) is 3.13. The summed E-state index contributed by atoms with van der Waals surface area (Å²) in [6, 6.07) is 4.70. The third-order valence-electron chi connectivity index (χ3n) is 6.57. The second-order valence-electron chi connectivity index (χ2n) is 8.45. The highest BCUT2D eigenvalue weighted by Gasteiger charge is 2.26. The number of fused-ring (bicyclic) bond motifs is 1. The van der Waals surface area contributed by atoms with Crippen LogP contribution in [0.3, 0.4) is 0 Å². The highest BCUT2D eigenvalue weighted by atomic mass is 16.5. The van der Waals surface area contributed by atoms with Crippen LogP contribution in [0.25, 0.3) is 16.5 Å². The van der Waals surface area contributed by atoms with E-state index in [-0.39, 0.29) is 5.91 Å². The smallest absolute Gasteiger partial charge is 0.246 e. The van der Waals surface area contributed by atoms with Crippen LogP contribution >= 0.6 is 0 Å². The predicted molar refractivity (Wildman–Crippen MR) is 116 cm³/mol. The first kappa shape index (κ1) is 20.0. The lowest BCUT2D eigenvalue weighted by molar-refractivity contribution is -0.128. The number of ether oxygens (including phenoxy) is 1. The van der Waals surface area contributed by atoms with E-state index in [1.807, 2.05) is 24.8 Å². The van der Waals surface area contributed by atoms with E-state index < -0.39 is 0 Å². The summed E-state index contributed by atoms with van der Waals surface area (Å²) >= 11 is 0. The zero-order valence-corrected chi connectivity index (χ0v) is 17.9. The van der Waals surface area contributed by atoms with Crippen LogP contribution in [0.5, 0.6) is 5.75 Å². The van der Waals surface area contributed by atoms with Gasteiger partial charge in [0.05, 0.1) is 13.4 Å². The summed E-state index contributed by atoms with van der Waals surface area (Å²) in [6.07, 6.45) is 10.2. The van der Waals surface area contributed by atoms with Gasteiger partial charge in [-0.05, 0) is 43.9 Å². The number of methoxy groups -OCH3 is 1. The van der Waals surface area contributed by atoms with E-state index in [9.17, 15) is 4.79 Å². The Labute approximate surface area is 173 Å². The number of amides is 1.